The van der Waals surface area contributed by atoms with Crippen molar-refractivity contribution in [2.75, 3.05) is 0 Å². The summed E-state index contributed by atoms with van der Waals surface area (Å²) in [5.41, 5.74) is 16.0. The van der Waals surface area contributed by atoms with Crippen LogP contribution >= 0.6 is 0 Å². The third-order valence-electron chi connectivity index (χ3n) is 11.8. The molecule has 12 aromatic rings. The van der Waals surface area contributed by atoms with Gasteiger partial charge in [0.25, 0.3) is 0 Å². The maximum absolute atomic E-state index is 6.55. The Morgan fingerprint density at radius 3 is 1.40 bits per heavy atom. The molecule has 0 atom stereocenters. The third-order valence-corrected chi connectivity index (χ3v) is 11.8. The zero-order valence-corrected chi connectivity index (χ0v) is 30.9. The zero-order valence-electron chi connectivity index (χ0n) is 30.9. The lowest BCUT2D eigenvalue weighted by Gasteiger charge is -2.11. The summed E-state index contributed by atoms with van der Waals surface area (Å²) in [6.45, 7) is 0. The summed E-state index contributed by atoms with van der Waals surface area (Å²) >= 11 is 0. The SMILES string of the molecule is c1ccc(-c2ccc3c(c2)c2ccccc2n3-c2ccc(-c3ccc(-c4ccc(-n5c6ccccc6c6ccc7c8ccccc8oc7c65)cc4)cc3)cc2)cc1. The van der Waals surface area contributed by atoms with Crippen molar-refractivity contribution in [1.82, 2.24) is 9.13 Å². The van der Waals surface area contributed by atoms with E-state index in [1.54, 1.807) is 0 Å². The molecular weight excluding hydrogens is 693 g/mol. The molecule has 57 heavy (non-hydrogen) atoms. The van der Waals surface area contributed by atoms with E-state index in [2.05, 4.69) is 209 Å². The fourth-order valence-electron chi connectivity index (χ4n) is 9.02. The van der Waals surface area contributed by atoms with E-state index < -0.39 is 0 Å². The number of fused-ring (bicyclic) bond motifs is 10. The van der Waals surface area contributed by atoms with E-state index >= 15 is 0 Å². The highest BCUT2D eigenvalue weighted by atomic mass is 16.3. The Kier molecular flexibility index (Phi) is 6.93. The van der Waals surface area contributed by atoms with Crippen LogP contribution in [-0.2, 0) is 0 Å². The number of aromatic nitrogens is 2. The quantitative estimate of drug-likeness (QED) is 0.173. The van der Waals surface area contributed by atoms with Crippen LogP contribution in [0.4, 0.5) is 0 Å². The second-order valence-corrected chi connectivity index (χ2v) is 14.9. The van der Waals surface area contributed by atoms with Crippen LogP contribution in [0.3, 0.4) is 0 Å². The lowest BCUT2D eigenvalue weighted by molar-refractivity contribution is 0.671. The molecule has 266 valence electrons. The minimum absolute atomic E-state index is 0.910. The van der Waals surface area contributed by atoms with Gasteiger partial charge in [-0.1, -0.05) is 146 Å². The third kappa shape index (κ3) is 4.92. The topological polar surface area (TPSA) is 23.0 Å². The van der Waals surface area contributed by atoms with Crippen molar-refractivity contribution in [3.63, 3.8) is 0 Å². The first kappa shape index (κ1) is 31.7. The first-order chi connectivity index (χ1) is 28.3. The van der Waals surface area contributed by atoms with E-state index in [9.17, 15) is 0 Å². The van der Waals surface area contributed by atoms with Crippen molar-refractivity contribution in [1.29, 1.82) is 0 Å². The second-order valence-electron chi connectivity index (χ2n) is 14.9. The average molecular weight is 727 g/mol. The average Bonchev–Trinajstić information content (AvgIpc) is 3.95. The molecule has 0 fully saturated rings. The van der Waals surface area contributed by atoms with Gasteiger partial charge in [0.2, 0.25) is 0 Å². The molecule has 3 heterocycles. The first-order valence-electron chi connectivity index (χ1n) is 19.5. The second kappa shape index (κ2) is 12.5. The lowest BCUT2D eigenvalue weighted by Crippen LogP contribution is -1.94. The Labute approximate surface area is 328 Å². The molecule has 0 unspecified atom stereocenters. The zero-order chi connectivity index (χ0) is 37.5. The maximum Gasteiger partial charge on any atom is 0.160 e. The monoisotopic (exact) mass is 726 g/mol. The van der Waals surface area contributed by atoms with Gasteiger partial charge in [-0.3, -0.25) is 0 Å². The fraction of sp³-hybridized carbons (Fsp3) is 0. The molecule has 0 saturated carbocycles. The van der Waals surface area contributed by atoms with Gasteiger partial charge in [0.05, 0.1) is 22.1 Å². The van der Waals surface area contributed by atoms with Crippen LogP contribution in [0, 0.1) is 0 Å². The summed E-state index contributed by atoms with van der Waals surface area (Å²) in [5.74, 6) is 0. The molecule has 3 heteroatoms. The van der Waals surface area contributed by atoms with Crippen LogP contribution in [0.25, 0.3) is 110 Å². The van der Waals surface area contributed by atoms with Crippen molar-refractivity contribution < 1.29 is 4.42 Å². The summed E-state index contributed by atoms with van der Waals surface area (Å²) in [7, 11) is 0. The minimum Gasteiger partial charge on any atom is -0.454 e. The van der Waals surface area contributed by atoms with Gasteiger partial charge in [0.1, 0.15) is 5.58 Å². The van der Waals surface area contributed by atoms with Crippen LogP contribution in [0.5, 0.6) is 0 Å². The Morgan fingerprint density at radius 1 is 0.281 bits per heavy atom. The maximum atomic E-state index is 6.55. The number of furan rings is 1. The highest BCUT2D eigenvalue weighted by Gasteiger charge is 2.19. The summed E-state index contributed by atoms with van der Waals surface area (Å²) < 4.78 is 11.3. The minimum atomic E-state index is 0.910. The molecule has 3 aromatic heterocycles. The molecule has 0 aliphatic carbocycles. The number of hydrogen-bond donors (Lipinski definition) is 0. The van der Waals surface area contributed by atoms with Crippen molar-refractivity contribution in [2.24, 2.45) is 0 Å². The predicted octanol–water partition coefficient (Wildman–Crippen LogP) is 14.8. The van der Waals surface area contributed by atoms with Crippen molar-refractivity contribution >= 4 is 65.6 Å². The highest BCUT2D eigenvalue weighted by molar-refractivity contribution is 6.21. The molecule has 0 N–H and O–H groups in total. The first-order valence-corrected chi connectivity index (χ1v) is 19.5. The molecule has 0 aliphatic heterocycles. The normalized spacial score (nSPS) is 11.9. The van der Waals surface area contributed by atoms with Crippen LogP contribution in [0.15, 0.2) is 211 Å². The standard InChI is InChI=1S/C54H34N2O/c1-2-10-35(11-3-1)40-26-33-51-48(34-40)44-13-5-7-15-49(44)55(51)41-27-22-38(23-28-41)36-18-20-37(21-19-36)39-24-29-42(30-25-39)56-50-16-8-4-12-43(50)46-31-32-47-45-14-6-9-17-52(45)57-54(47)53(46)56/h1-34H. The van der Waals surface area contributed by atoms with E-state index in [4.69, 9.17) is 4.42 Å². The van der Waals surface area contributed by atoms with Gasteiger partial charge in [-0.2, -0.15) is 0 Å². The van der Waals surface area contributed by atoms with E-state index in [-0.39, 0.29) is 0 Å². The molecule has 3 nitrogen and oxygen atoms in total. The summed E-state index contributed by atoms with van der Waals surface area (Å²) in [6.07, 6.45) is 0. The molecule has 0 saturated heterocycles. The largest absolute Gasteiger partial charge is 0.454 e. The van der Waals surface area contributed by atoms with Crippen LogP contribution < -0.4 is 0 Å². The number of rotatable bonds is 5. The molecule has 0 spiro atoms. The molecule has 0 bridgehead atoms. The molecule has 12 rings (SSSR count). The van der Waals surface area contributed by atoms with Gasteiger partial charge < -0.3 is 13.6 Å². The molecular formula is C54H34N2O. The van der Waals surface area contributed by atoms with Crippen molar-refractivity contribution in [2.45, 2.75) is 0 Å². The van der Waals surface area contributed by atoms with Gasteiger partial charge >= 0.3 is 0 Å². The van der Waals surface area contributed by atoms with Crippen LogP contribution in [0.1, 0.15) is 0 Å². The molecule has 0 aliphatic rings. The van der Waals surface area contributed by atoms with E-state index in [1.807, 2.05) is 6.07 Å². The number of benzene rings is 9. The van der Waals surface area contributed by atoms with Gasteiger partial charge in [-0.15, -0.1) is 0 Å². The van der Waals surface area contributed by atoms with E-state index in [1.165, 1.54) is 71.5 Å². The van der Waals surface area contributed by atoms with Crippen molar-refractivity contribution in [3.05, 3.63) is 206 Å². The Hall–Kier alpha value is -7.62. The van der Waals surface area contributed by atoms with E-state index in [0.717, 1.165) is 38.8 Å². The molecule has 9 aromatic carbocycles. The van der Waals surface area contributed by atoms with Gasteiger partial charge in [0, 0.05) is 43.7 Å². The molecule has 0 radical (unpaired) electrons. The summed E-state index contributed by atoms with van der Waals surface area (Å²) in [4.78, 5) is 0. The predicted molar refractivity (Wildman–Crippen MR) is 239 cm³/mol. The Bertz CT molecular complexity index is 3470. The van der Waals surface area contributed by atoms with Crippen LogP contribution in [-0.4, -0.2) is 9.13 Å². The fourth-order valence-corrected chi connectivity index (χ4v) is 9.02. The highest BCUT2D eigenvalue weighted by Crippen LogP contribution is 2.41. The lowest BCUT2D eigenvalue weighted by atomic mass is 10.00. The number of hydrogen-bond acceptors (Lipinski definition) is 1. The van der Waals surface area contributed by atoms with Gasteiger partial charge in [-0.25, -0.2) is 0 Å². The Balaban J connectivity index is 0.868. The van der Waals surface area contributed by atoms with Crippen molar-refractivity contribution in [3.8, 4) is 44.8 Å². The molecule has 0 amide bonds. The number of para-hydroxylation sites is 3. The smallest absolute Gasteiger partial charge is 0.160 e. The van der Waals surface area contributed by atoms with E-state index in [0.29, 0.717) is 0 Å². The van der Waals surface area contributed by atoms with Gasteiger partial charge in [0.15, 0.2) is 5.58 Å². The summed E-state index contributed by atoms with van der Waals surface area (Å²) in [6, 6.07) is 74.4. The number of nitrogens with zero attached hydrogens (tertiary/aromatic N) is 2. The van der Waals surface area contributed by atoms with Crippen LogP contribution in [0.2, 0.25) is 0 Å². The summed E-state index contributed by atoms with van der Waals surface area (Å²) in [5, 5.41) is 7.21. The van der Waals surface area contributed by atoms with Gasteiger partial charge in [-0.05, 0) is 94.0 Å². The Morgan fingerprint density at radius 2 is 0.737 bits per heavy atom.